The molecule has 2 aromatic carbocycles. The monoisotopic (exact) mass is 277 g/mol. The number of nitrogens with one attached hydrogen (secondary N) is 1. The first-order valence-electron chi connectivity index (χ1n) is 6.08. The molecule has 3 nitrogen and oxygen atoms in total. The van der Waals surface area contributed by atoms with E-state index in [1.807, 2.05) is 6.07 Å². The van der Waals surface area contributed by atoms with Gasteiger partial charge in [0.1, 0.15) is 12.4 Å². The second-order valence-corrected chi connectivity index (χ2v) is 4.05. The van der Waals surface area contributed by atoms with E-state index in [0.717, 1.165) is 12.1 Å². The molecule has 0 atom stereocenters. The maximum Gasteiger partial charge on any atom is 0.251 e. The van der Waals surface area contributed by atoms with E-state index in [1.54, 1.807) is 24.3 Å². The molecule has 0 saturated heterocycles. The van der Waals surface area contributed by atoms with Gasteiger partial charge in [-0.3, -0.25) is 4.79 Å². The van der Waals surface area contributed by atoms with Gasteiger partial charge in [-0.2, -0.15) is 0 Å². The SMILES string of the molecule is O=C(NCCOc1ccc(F)cc1F)c1ccccc1. The highest BCUT2D eigenvalue weighted by molar-refractivity contribution is 5.94. The van der Waals surface area contributed by atoms with Gasteiger partial charge in [0.15, 0.2) is 11.6 Å². The largest absolute Gasteiger partial charge is 0.489 e. The molecule has 20 heavy (non-hydrogen) atoms. The van der Waals surface area contributed by atoms with Gasteiger partial charge in [-0.25, -0.2) is 8.78 Å². The Morgan fingerprint density at radius 1 is 1.10 bits per heavy atom. The summed E-state index contributed by atoms with van der Waals surface area (Å²) in [6.45, 7) is 0.325. The van der Waals surface area contributed by atoms with E-state index in [4.69, 9.17) is 4.74 Å². The number of halogens is 2. The second-order valence-electron chi connectivity index (χ2n) is 4.05. The Balaban J connectivity index is 1.78. The molecule has 0 unspecified atom stereocenters. The molecule has 1 amide bonds. The quantitative estimate of drug-likeness (QED) is 0.853. The summed E-state index contributed by atoms with van der Waals surface area (Å²) in [4.78, 5) is 11.7. The Kier molecular flexibility index (Phi) is 4.65. The first kappa shape index (κ1) is 14.0. The summed E-state index contributed by atoms with van der Waals surface area (Å²) < 4.78 is 31.0. The number of ether oxygens (including phenoxy) is 1. The van der Waals surface area contributed by atoms with Crippen LogP contribution in [0.5, 0.6) is 5.75 Å². The van der Waals surface area contributed by atoms with Crippen LogP contribution in [0, 0.1) is 11.6 Å². The predicted octanol–water partition coefficient (Wildman–Crippen LogP) is 2.77. The van der Waals surface area contributed by atoms with Gasteiger partial charge in [-0.1, -0.05) is 18.2 Å². The molecular weight excluding hydrogens is 264 g/mol. The Labute approximate surface area is 115 Å². The molecule has 0 aliphatic carbocycles. The summed E-state index contributed by atoms with van der Waals surface area (Å²) in [7, 11) is 0. The molecule has 5 heteroatoms. The van der Waals surface area contributed by atoms with Crippen LogP contribution in [-0.4, -0.2) is 19.1 Å². The van der Waals surface area contributed by atoms with E-state index in [0.29, 0.717) is 5.56 Å². The van der Waals surface area contributed by atoms with Crippen LogP contribution in [0.3, 0.4) is 0 Å². The predicted molar refractivity (Wildman–Crippen MR) is 70.6 cm³/mol. The van der Waals surface area contributed by atoms with Crippen LogP contribution in [0.15, 0.2) is 48.5 Å². The number of benzene rings is 2. The van der Waals surface area contributed by atoms with Gasteiger partial charge in [-0.05, 0) is 24.3 Å². The zero-order valence-electron chi connectivity index (χ0n) is 10.6. The third kappa shape index (κ3) is 3.78. The minimum Gasteiger partial charge on any atom is -0.489 e. The zero-order valence-corrected chi connectivity index (χ0v) is 10.6. The molecule has 2 aromatic rings. The van der Waals surface area contributed by atoms with Crippen LogP contribution in [-0.2, 0) is 0 Å². The van der Waals surface area contributed by atoms with Crippen molar-refractivity contribution < 1.29 is 18.3 Å². The summed E-state index contributed by atoms with van der Waals surface area (Å²) >= 11 is 0. The van der Waals surface area contributed by atoms with Crippen molar-refractivity contribution in [3.05, 3.63) is 65.7 Å². The van der Waals surface area contributed by atoms with Gasteiger partial charge in [0, 0.05) is 11.6 Å². The van der Waals surface area contributed by atoms with Crippen LogP contribution in [0.4, 0.5) is 8.78 Å². The Hall–Kier alpha value is -2.43. The molecule has 0 spiro atoms. The molecule has 0 heterocycles. The fourth-order valence-corrected chi connectivity index (χ4v) is 1.61. The molecule has 1 N–H and O–H groups in total. The Morgan fingerprint density at radius 3 is 2.55 bits per heavy atom. The third-order valence-corrected chi connectivity index (χ3v) is 2.58. The molecule has 2 rings (SSSR count). The lowest BCUT2D eigenvalue weighted by Gasteiger charge is -2.08. The van der Waals surface area contributed by atoms with Crippen LogP contribution >= 0.6 is 0 Å². The van der Waals surface area contributed by atoms with Gasteiger partial charge in [-0.15, -0.1) is 0 Å². The van der Waals surface area contributed by atoms with Crippen LogP contribution in [0.1, 0.15) is 10.4 Å². The van der Waals surface area contributed by atoms with Crippen LogP contribution in [0.25, 0.3) is 0 Å². The van der Waals surface area contributed by atoms with Crippen molar-refractivity contribution in [1.29, 1.82) is 0 Å². The van der Waals surface area contributed by atoms with Crippen molar-refractivity contribution in [1.82, 2.24) is 5.32 Å². The third-order valence-electron chi connectivity index (χ3n) is 2.58. The summed E-state index contributed by atoms with van der Waals surface area (Å²) in [6.07, 6.45) is 0. The minimum absolute atomic E-state index is 0.0413. The number of carbonyl (C=O) groups excluding carboxylic acids is 1. The molecule has 0 saturated carbocycles. The number of amides is 1. The summed E-state index contributed by atoms with van der Waals surface area (Å²) in [5.74, 6) is -1.69. The smallest absolute Gasteiger partial charge is 0.251 e. The topological polar surface area (TPSA) is 38.3 Å². The molecule has 0 aliphatic heterocycles. The normalized spacial score (nSPS) is 10.1. The van der Waals surface area contributed by atoms with Gasteiger partial charge in [0.05, 0.1) is 6.54 Å². The van der Waals surface area contributed by atoms with Crippen molar-refractivity contribution >= 4 is 5.91 Å². The van der Waals surface area contributed by atoms with Gasteiger partial charge >= 0.3 is 0 Å². The average molecular weight is 277 g/mol. The zero-order chi connectivity index (χ0) is 14.4. The Morgan fingerprint density at radius 2 is 1.85 bits per heavy atom. The van der Waals surface area contributed by atoms with E-state index >= 15 is 0 Å². The highest BCUT2D eigenvalue weighted by atomic mass is 19.1. The van der Waals surface area contributed by atoms with Gasteiger partial charge < -0.3 is 10.1 Å². The lowest BCUT2D eigenvalue weighted by atomic mass is 10.2. The van der Waals surface area contributed by atoms with E-state index in [2.05, 4.69) is 5.32 Å². The lowest BCUT2D eigenvalue weighted by molar-refractivity contribution is 0.0946. The summed E-state index contributed by atoms with van der Waals surface area (Å²) in [6, 6.07) is 11.8. The standard InChI is InChI=1S/C15H13F2NO2/c16-12-6-7-14(13(17)10-12)20-9-8-18-15(19)11-4-2-1-3-5-11/h1-7,10H,8-9H2,(H,18,19). The fourth-order valence-electron chi connectivity index (χ4n) is 1.61. The molecule has 0 bridgehead atoms. The van der Waals surface area contributed by atoms with E-state index in [-0.39, 0.29) is 24.8 Å². The van der Waals surface area contributed by atoms with Gasteiger partial charge in [0.2, 0.25) is 0 Å². The van der Waals surface area contributed by atoms with Gasteiger partial charge in [0.25, 0.3) is 5.91 Å². The van der Waals surface area contributed by atoms with E-state index in [9.17, 15) is 13.6 Å². The summed E-state index contributed by atoms with van der Waals surface area (Å²) in [5.41, 5.74) is 0.542. The molecule has 0 aromatic heterocycles. The van der Waals surface area contributed by atoms with Crippen LogP contribution in [0.2, 0.25) is 0 Å². The first-order chi connectivity index (χ1) is 9.66. The number of rotatable bonds is 5. The van der Waals surface area contributed by atoms with Crippen molar-refractivity contribution in [2.24, 2.45) is 0 Å². The molecule has 104 valence electrons. The molecule has 0 aliphatic rings. The van der Waals surface area contributed by atoms with Crippen LogP contribution < -0.4 is 10.1 Å². The molecule has 0 fully saturated rings. The minimum atomic E-state index is -0.764. The van der Waals surface area contributed by atoms with Crippen molar-refractivity contribution in [2.45, 2.75) is 0 Å². The van der Waals surface area contributed by atoms with Crippen molar-refractivity contribution in [3.8, 4) is 5.75 Å². The molecule has 0 radical (unpaired) electrons. The van der Waals surface area contributed by atoms with Crippen molar-refractivity contribution in [3.63, 3.8) is 0 Å². The highest BCUT2D eigenvalue weighted by Gasteiger charge is 2.06. The maximum absolute atomic E-state index is 13.2. The second kappa shape index (κ2) is 6.65. The molecular formula is C15H13F2NO2. The number of hydrogen-bond acceptors (Lipinski definition) is 2. The first-order valence-corrected chi connectivity index (χ1v) is 6.08. The lowest BCUT2D eigenvalue weighted by Crippen LogP contribution is -2.28. The fraction of sp³-hybridized carbons (Fsp3) is 0.133. The van der Waals surface area contributed by atoms with Crippen molar-refractivity contribution in [2.75, 3.05) is 13.2 Å². The Bertz CT molecular complexity index is 588. The number of carbonyl (C=O) groups is 1. The summed E-state index contributed by atoms with van der Waals surface area (Å²) in [5, 5.41) is 2.64. The number of hydrogen-bond donors (Lipinski definition) is 1. The highest BCUT2D eigenvalue weighted by Crippen LogP contribution is 2.17. The van der Waals surface area contributed by atoms with E-state index in [1.165, 1.54) is 6.07 Å². The maximum atomic E-state index is 13.2. The van der Waals surface area contributed by atoms with E-state index < -0.39 is 11.6 Å². The average Bonchev–Trinajstić information content (AvgIpc) is 2.46.